The molecule has 0 spiro atoms. The summed E-state index contributed by atoms with van der Waals surface area (Å²) in [7, 11) is -0.511. The van der Waals surface area contributed by atoms with Crippen molar-refractivity contribution in [3.63, 3.8) is 0 Å². The number of rotatable bonds is 7. The van der Waals surface area contributed by atoms with E-state index < -0.39 is 7.92 Å². The average molecular weight is 561 g/mol. The zero-order chi connectivity index (χ0) is 28.6. The van der Waals surface area contributed by atoms with Gasteiger partial charge in [-0.3, -0.25) is 4.90 Å². The third kappa shape index (κ3) is 5.98. The lowest BCUT2D eigenvalue weighted by molar-refractivity contribution is -0.0437. The monoisotopic (exact) mass is 560 g/mol. The second-order valence-electron chi connectivity index (χ2n) is 14.1. The van der Waals surface area contributed by atoms with Crippen LogP contribution in [-0.4, -0.2) is 28.3 Å². The topological polar surface area (TPSA) is 29.3 Å². The van der Waals surface area contributed by atoms with Crippen molar-refractivity contribution in [3.05, 3.63) is 57.6 Å². The molecule has 0 amide bonds. The molecule has 3 fully saturated rings. The summed E-state index contributed by atoms with van der Waals surface area (Å²) in [6.45, 7) is 16.3. The Kier molecular flexibility index (Phi) is 9.51. The number of benzene rings is 2. The van der Waals surface area contributed by atoms with E-state index in [0.29, 0.717) is 23.7 Å². The molecule has 220 valence electrons. The van der Waals surface area contributed by atoms with E-state index in [1.165, 1.54) is 117 Å². The Morgan fingerprint density at radius 3 is 1.40 bits per heavy atom. The highest BCUT2D eigenvalue weighted by Gasteiger charge is 2.50. The number of nitrogens with zero attached hydrogens (tertiary/aromatic N) is 1. The zero-order valence-electron chi connectivity index (χ0n) is 26.8. The molecule has 3 saturated carbocycles. The van der Waals surface area contributed by atoms with Gasteiger partial charge in [-0.15, -0.1) is 0 Å². The maximum atomic E-state index is 7.82. The summed E-state index contributed by atoms with van der Waals surface area (Å²) in [5.74, 6) is 0.534. The van der Waals surface area contributed by atoms with Crippen molar-refractivity contribution in [2.45, 2.75) is 155 Å². The fraction of sp³-hybridized carbons (Fsp3) is 0.676. The molecule has 40 heavy (non-hydrogen) atoms. The molecule has 2 N–H and O–H groups in total. The van der Waals surface area contributed by atoms with Gasteiger partial charge >= 0.3 is 0 Å². The van der Waals surface area contributed by atoms with E-state index in [1.54, 1.807) is 10.6 Å². The van der Waals surface area contributed by atoms with Crippen LogP contribution < -0.4 is 16.3 Å². The summed E-state index contributed by atoms with van der Waals surface area (Å²) in [6, 6.07) is 11.5. The van der Waals surface area contributed by atoms with E-state index in [2.05, 4.69) is 77.6 Å². The van der Waals surface area contributed by atoms with Gasteiger partial charge < -0.3 is 5.73 Å². The van der Waals surface area contributed by atoms with Gasteiger partial charge in [-0.2, -0.15) is 0 Å². The normalized spacial score (nSPS) is 24.6. The minimum atomic E-state index is -0.511. The van der Waals surface area contributed by atoms with Crippen LogP contribution in [0, 0.1) is 47.5 Å². The molecule has 3 aliphatic carbocycles. The van der Waals surface area contributed by atoms with Crippen LogP contribution in [-0.2, 0) is 0 Å². The Hall–Kier alpha value is -1.21. The number of hydrogen-bond acceptors (Lipinski definition) is 2. The standard InChI is InChI=1S/C37H57N2P/c1-25-21-33(22-26(2)29(25)5)40(34-23-27(3)30(6)28(4)24-34)36-20-14-19-35(36)37(7,38)39(31-15-10-8-11-16-31)32-17-12-9-13-18-32/h21-24,31-32,35-36H,8-20,38H2,1-7H3. The molecule has 2 aromatic carbocycles. The maximum absolute atomic E-state index is 7.82. The molecular formula is C37H57N2P. The highest BCUT2D eigenvalue weighted by Crippen LogP contribution is 2.54. The van der Waals surface area contributed by atoms with Gasteiger partial charge in [-0.05, 0) is 150 Å². The molecule has 0 aromatic heterocycles. The van der Waals surface area contributed by atoms with Crippen molar-refractivity contribution in [1.82, 2.24) is 4.90 Å². The first-order valence-corrected chi connectivity index (χ1v) is 18.0. The molecule has 0 aliphatic heterocycles. The van der Waals surface area contributed by atoms with Crippen molar-refractivity contribution >= 4 is 18.5 Å². The van der Waals surface area contributed by atoms with Crippen LogP contribution in [0.4, 0.5) is 0 Å². The minimum absolute atomic E-state index is 0.255. The fourth-order valence-electron chi connectivity index (χ4n) is 8.76. The van der Waals surface area contributed by atoms with Crippen molar-refractivity contribution in [2.24, 2.45) is 11.7 Å². The lowest BCUT2D eigenvalue weighted by atomic mass is 9.82. The van der Waals surface area contributed by atoms with Crippen LogP contribution in [0.15, 0.2) is 24.3 Å². The molecule has 3 unspecified atom stereocenters. The molecular weight excluding hydrogens is 503 g/mol. The van der Waals surface area contributed by atoms with Gasteiger partial charge in [0.2, 0.25) is 0 Å². The number of hydrogen-bond donors (Lipinski definition) is 1. The second kappa shape index (κ2) is 12.6. The first-order valence-electron chi connectivity index (χ1n) is 16.6. The molecule has 0 saturated heterocycles. The summed E-state index contributed by atoms with van der Waals surface area (Å²) in [5.41, 5.74) is 16.9. The van der Waals surface area contributed by atoms with Crippen molar-refractivity contribution in [3.8, 4) is 0 Å². The van der Waals surface area contributed by atoms with E-state index in [4.69, 9.17) is 5.73 Å². The lowest BCUT2D eigenvalue weighted by Gasteiger charge is -2.54. The third-order valence-corrected chi connectivity index (χ3v) is 14.3. The van der Waals surface area contributed by atoms with Gasteiger partial charge in [0.05, 0.1) is 5.66 Å². The summed E-state index contributed by atoms with van der Waals surface area (Å²) in [5, 5.41) is 3.15. The van der Waals surface area contributed by atoms with Gasteiger partial charge in [0.15, 0.2) is 0 Å². The Labute approximate surface area is 247 Å². The molecule has 2 aromatic rings. The van der Waals surface area contributed by atoms with Gasteiger partial charge in [-0.1, -0.05) is 69.2 Å². The van der Waals surface area contributed by atoms with E-state index >= 15 is 0 Å². The predicted octanol–water partition coefficient (Wildman–Crippen LogP) is 8.78. The first-order chi connectivity index (χ1) is 19.1. The molecule has 0 heterocycles. The maximum Gasteiger partial charge on any atom is 0.0698 e. The van der Waals surface area contributed by atoms with Crippen LogP contribution in [0.25, 0.3) is 0 Å². The van der Waals surface area contributed by atoms with Crippen LogP contribution in [0.1, 0.15) is 124 Å². The molecule has 2 nitrogen and oxygen atoms in total. The van der Waals surface area contributed by atoms with Crippen molar-refractivity contribution < 1.29 is 0 Å². The summed E-state index contributed by atoms with van der Waals surface area (Å²) in [6.07, 6.45) is 17.7. The fourth-order valence-corrected chi connectivity index (χ4v) is 12.4. The summed E-state index contributed by atoms with van der Waals surface area (Å²) >= 11 is 0. The molecule has 3 heteroatoms. The molecule has 3 atom stereocenters. The summed E-state index contributed by atoms with van der Waals surface area (Å²) in [4.78, 5) is 2.96. The van der Waals surface area contributed by atoms with Crippen LogP contribution in [0.3, 0.4) is 0 Å². The molecule has 0 bridgehead atoms. The Bertz CT molecular complexity index is 1050. The SMILES string of the molecule is Cc1cc(P(c2cc(C)c(C)c(C)c2)C2CCCC2C(C)(N)N(C2CCCCC2)C2CCCCC2)cc(C)c1C. The van der Waals surface area contributed by atoms with E-state index in [-0.39, 0.29) is 5.66 Å². The van der Waals surface area contributed by atoms with Crippen LogP contribution >= 0.6 is 7.92 Å². The largest absolute Gasteiger partial charge is 0.313 e. The zero-order valence-corrected chi connectivity index (χ0v) is 27.7. The van der Waals surface area contributed by atoms with Gasteiger partial charge in [0, 0.05) is 12.1 Å². The Morgan fingerprint density at radius 1 is 0.600 bits per heavy atom. The number of aryl methyl sites for hydroxylation is 4. The quantitative estimate of drug-likeness (QED) is 0.271. The molecule has 3 aliphatic rings. The van der Waals surface area contributed by atoms with E-state index in [1.807, 2.05) is 0 Å². The van der Waals surface area contributed by atoms with Crippen molar-refractivity contribution in [1.29, 1.82) is 0 Å². The first kappa shape index (κ1) is 30.3. The number of nitrogens with two attached hydrogens (primary N) is 1. The average Bonchev–Trinajstić information content (AvgIpc) is 3.42. The van der Waals surface area contributed by atoms with Gasteiger partial charge in [-0.25, -0.2) is 0 Å². The molecule has 5 rings (SSSR count). The second-order valence-corrected chi connectivity index (χ2v) is 16.5. The smallest absolute Gasteiger partial charge is 0.0698 e. The lowest BCUT2D eigenvalue weighted by Crippen LogP contribution is -2.66. The van der Waals surface area contributed by atoms with Gasteiger partial charge in [0.1, 0.15) is 0 Å². The third-order valence-electron chi connectivity index (χ3n) is 11.4. The van der Waals surface area contributed by atoms with E-state index in [0.717, 1.165) is 0 Å². The van der Waals surface area contributed by atoms with Gasteiger partial charge in [0.25, 0.3) is 0 Å². The Balaban J connectivity index is 1.59. The van der Waals surface area contributed by atoms with E-state index in [9.17, 15) is 0 Å². The highest BCUT2D eigenvalue weighted by molar-refractivity contribution is 7.73. The predicted molar refractivity (Wildman–Crippen MR) is 177 cm³/mol. The summed E-state index contributed by atoms with van der Waals surface area (Å²) < 4.78 is 0. The van der Waals surface area contributed by atoms with Crippen LogP contribution in [0.2, 0.25) is 0 Å². The Morgan fingerprint density at radius 2 is 1.00 bits per heavy atom. The molecule has 0 radical (unpaired) electrons. The minimum Gasteiger partial charge on any atom is -0.313 e. The van der Waals surface area contributed by atoms with Crippen LogP contribution in [0.5, 0.6) is 0 Å². The van der Waals surface area contributed by atoms with Crippen molar-refractivity contribution in [2.75, 3.05) is 0 Å². The highest BCUT2D eigenvalue weighted by atomic mass is 31.1.